The summed E-state index contributed by atoms with van der Waals surface area (Å²) in [5.74, 6) is -8.87. The second-order valence-electron chi connectivity index (χ2n) is 15.8. The number of guanidine groups is 1. The summed E-state index contributed by atoms with van der Waals surface area (Å²) in [5, 5.41) is 63.9. The second kappa shape index (κ2) is 31.2. The van der Waals surface area contributed by atoms with Gasteiger partial charge in [-0.25, -0.2) is 4.79 Å². The first-order valence-electron chi connectivity index (χ1n) is 21.1. The molecule has 0 aromatic heterocycles. The third-order valence-corrected chi connectivity index (χ3v) is 10.6. The van der Waals surface area contributed by atoms with E-state index in [0.717, 1.165) is 18.9 Å². The van der Waals surface area contributed by atoms with E-state index in [2.05, 4.69) is 36.2 Å². The minimum atomic E-state index is -1.59. The SMILES string of the molecule is C[C@@H](O)[C@H](NC(=O)CNC(=O)[C@H](C[S-])N=C([O-])[C@H](CO)N=C([O-])CN(C)C)C(=O)N[C@@H](CCCCN)C(=O)N1CC[C@@H](C(=O)N2CC[C@@H](C(=O)N[C@@H](CCCN=C(N)N)C(=O)O)C2)C1.[O]=[Tc+3]. The molecule has 28 heteroatoms. The van der Waals surface area contributed by atoms with Gasteiger partial charge in [0, 0.05) is 39.3 Å². The summed E-state index contributed by atoms with van der Waals surface area (Å²) in [7, 11) is 3.20. The van der Waals surface area contributed by atoms with Crippen molar-refractivity contribution in [2.24, 2.45) is 44.0 Å². The van der Waals surface area contributed by atoms with Crippen LogP contribution in [0.15, 0.2) is 15.0 Å². The molecular formula is C38H64N13O13STc. The van der Waals surface area contributed by atoms with E-state index in [9.17, 15) is 59.1 Å². The quantitative estimate of drug-likeness (QED) is 0.0158. The zero-order valence-electron chi connectivity index (χ0n) is 37.3. The molecule has 2 fully saturated rings. The molecule has 372 valence electrons. The molecule has 0 radical (unpaired) electrons. The van der Waals surface area contributed by atoms with Gasteiger partial charge in [0.2, 0.25) is 35.4 Å². The Kier molecular flexibility index (Phi) is 27.9. The number of nitrogens with one attached hydrogen (secondary N) is 4. The normalized spacial score (nSPS) is 19.0. The van der Waals surface area contributed by atoms with Gasteiger partial charge in [-0.3, -0.25) is 43.7 Å². The Labute approximate surface area is 398 Å². The van der Waals surface area contributed by atoms with Gasteiger partial charge < -0.3 is 91.3 Å². The molecule has 2 rings (SSSR count). The zero-order chi connectivity index (χ0) is 50.1. The topological polar surface area (TPSA) is 416 Å². The van der Waals surface area contributed by atoms with Crippen LogP contribution < -0.4 is 48.7 Å². The molecule has 0 aromatic rings. The first-order chi connectivity index (χ1) is 31.2. The van der Waals surface area contributed by atoms with E-state index < -0.39 is 114 Å². The number of carboxylic acids is 1. The number of nitrogens with zero attached hydrogens (tertiary/aromatic N) is 6. The number of carbonyl (C=O) groups excluding carboxylic acids is 6. The Morgan fingerprint density at radius 2 is 1.50 bits per heavy atom. The van der Waals surface area contributed by atoms with E-state index in [1.165, 1.54) is 21.6 Å². The molecule has 26 nitrogen and oxygen atoms in total. The van der Waals surface area contributed by atoms with Crippen molar-refractivity contribution in [2.75, 3.05) is 78.8 Å². The second-order valence-corrected chi connectivity index (χ2v) is 16.2. The number of nitrogens with two attached hydrogens (primary N) is 3. The first-order valence-corrected chi connectivity index (χ1v) is 22.4. The molecule has 0 spiro atoms. The number of amides is 6. The van der Waals surface area contributed by atoms with E-state index in [4.69, 9.17) is 33.3 Å². The molecule has 6 amide bonds. The standard InChI is InChI=1S/C38H67N13O12S.O.Tc/c1-21(53)30(48-28(54)15-43-32(57)27(20-64)47-33(58)26(19-52)44-29(55)18-49(2)3)34(59)45-24(7-4-5-11-39)36(61)51-14-10-23(17-51)35(60)50-13-9-22(16-50)31(56)46-25(37(62)63)8-6-12-42-38(40)41;;/h21-27,30,52-53,64H,4-20,39H2,1-3H3,(H,43,57)(H,44,55)(H,45,59)(H,46,56)(H,47,58)(H,48,54)(H,62,63)(H4,40,41,42);;/q;;+3/p-3/t21-,22-,23-,24+,25+,26+,27+,30+;;/m1../s1. The maximum atomic E-state index is 13.9. The fraction of sp³-hybridized carbons (Fsp3) is 0.737. The third kappa shape index (κ3) is 20.8. The van der Waals surface area contributed by atoms with Crippen molar-refractivity contribution in [3.05, 3.63) is 0 Å². The number of rotatable bonds is 27. The van der Waals surface area contributed by atoms with Gasteiger partial charge >= 0.3 is 28.3 Å². The summed E-state index contributed by atoms with van der Waals surface area (Å²) < 4.78 is 8.22. The zero-order valence-corrected chi connectivity index (χ0v) is 39.9. The van der Waals surface area contributed by atoms with Gasteiger partial charge in [-0.15, -0.1) is 5.75 Å². The van der Waals surface area contributed by atoms with E-state index in [-0.39, 0.29) is 64.0 Å². The van der Waals surface area contributed by atoms with Crippen LogP contribution in [0.2, 0.25) is 0 Å². The van der Waals surface area contributed by atoms with Gasteiger partial charge in [0.25, 0.3) is 0 Å². The van der Waals surface area contributed by atoms with Crippen LogP contribution >= 0.6 is 0 Å². The number of aliphatic hydroxyl groups is 2. The molecule has 66 heavy (non-hydrogen) atoms. The van der Waals surface area contributed by atoms with Gasteiger partial charge in [-0.1, -0.05) is 0 Å². The molecule has 2 heterocycles. The van der Waals surface area contributed by atoms with Crippen LogP contribution in [0.1, 0.15) is 51.9 Å². The summed E-state index contributed by atoms with van der Waals surface area (Å²) in [6, 6.07) is -6.94. The number of aliphatic carboxylic acids is 1. The van der Waals surface area contributed by atoms with E-state index in [1.807, 2.05) is 0 Å². The van der Waals surface area contributed by atoms with E-state index in [0.29, 0.717) is 38.6 Å². The summed E-state index contributed by atoms with van der Waals surface area (Å²) in [4.78, 5) is 107. The minimum absolute atomic E-state index is 0.0224. The number of carboxylic acid groups (broad SMARTS) is 1. The molecule has 0 aliphatic carbocycles. The van der Waals surface area contributed by atoms with Gasteiger partial charge in [0.1, 0.15) is 24.2 Å². The van der Waals surface area contributed by atoms with E-state index in [1.54, 1.807) is 14.1 Å². The third-order valence-electron chi connectivity index (χ3n) is 10.3. The Hall–Kier alpha value is -4.86. The van der Waals surface area contributed by atoms with Crippen LogP contribution in [0.5, 0.6) is 0 Å². The predicted molar refractivity (Wildman–Crippen MR) is 231 cm³/mol. The monoisotopic (exact) mass is 1040 g/mol. The van der Waals surface area contributed by atoms with Crippen molar-refractivity contribution >= 4 is 71.8 Å². The van der Waals surface area contributed by atoms with Crippen molar-refractivity contribution in [2.45, 2.75) is 88.2 Å². The predicted octanol–water partition coefficient (Wildman–Crippen LogP) is -7.86. The van der Waals surface area contributed by atoms with Gasteiger partial charge in [0.15, 0.2) is 5.96 Å². The van der Waals surface area contributed by atoms with Crippen LogP contribution in [-0.4, -0.2) is 204 Å². The Morgan fingerprint density at radius 3 is 2.08 bits per heavy atom. The fourth-order valence-corrected chi connectivity index (χ4v) is 7.09. The Balaban J connectivity index is 0.0000107. The van der Waals surface area contributed by atoms with Crippen LogP contribution in [0.4, 0.5) is 0 Å². The number of unbranched alkanes of at least 4 members (excludes halogenated alkanes) is 1. The summed E-state index contributed by atoms with van der Waals surface area (Å²) in [6.07, 6.45) is 0.622. The number of hydrogen-bond donors (Lipinski definition) is 10. The number of hydrogen-bond acceptors (Lipinski definition) is 18. The molecular weight excluding hydrogens is 977 g/mol. The molecule has 2 aliphatic heterocycles. The molecule has 0 aromatic carbocycles. The average molecular weight is 1040 g/mol. The molecule has 13 N–H and O–H groups in total. The van der Waals surface area contributed by atoms with Crippen molar-refractivity contribution in [3.63, 3.8) is 0 Å². The Morgan fingerprint density at radius 1 is 0.879 bits per heavy atom. The van der Waals surface area contributed by atoms with Crippen LogP contribution in [0.3, 0.4) is 0 Å². The molecule has 0 saturated carbocycles. The molecule has 8 atom stereocenters. The molecule has 0 bridgehead atoms. The maximum absolute atomic E-state index is 13.9. The molecule has 2 aliphatic rings. The summed E-state index contributed by atoms with van der Waals surface area (Å²) in [6.45, 7) is 0.508. The van der Waals surface area contributed by atoms with Gasteiger partial charge in [-0.2, -0.15) is 0 Å². The van der Waals surface area contributed by atoms with Crippen molar-refractivity contribution in [1.82, 2.24) is 36.0 Å². The number of aliphatic hydroxyl groups excluding tert-OH is 2. The Bertz CT molecular complexity index is 1720. The number of aliphatic imine (C=N–C) groups is 3. The number of likely N-dealkylation sites (tertiary alicyclic amines) is 2. The van der Waals surface area contributed by atoms with Crippen molar-refractivity contribution in [3.8, 4) is 0 Å². The molecule has 0 unspecified atom stereocenters. The van der Waals surface area contributed by atoms with Crippen LogP contribution in [0.25, 0.3) is 0 Å². The van der Waals surface area contributed by atoms with Crippen LogP contribution in [0, 0.1) is 11.8 Å². The number of carbonyl (C=O) groups is 7. The average Bonchev–Trinajstić information content (AvgIpc) is 3.98. The van der Waals surface area contributed by atoms with Gasteiger partial charge in [0.05, 0.1) is 37.1 Å². The van der Waals surface area contributed by atoms with E-state index >= 15 is 0 Å². The van der Waals surface area contributed by atoms with Crippen molar-refractivity contribution in [1.29, 1.82) is 0 Å². The van der Waals surface area contributed by atoms with Crippen molar-refractivity contribution < 1.29 is 81.5 Å². The fourth-order valence-electron chi connectivity index (χ4n) is 6.86. The number of likely N-dealkylation sites (N-methyl/N-ethyl adjacent to an activating group) is 1. The molecule has 2 saturated heterocycles. The van der Waals surface area contributed by atoms with Gasteiger partial charge in [-0.05, 0) is 84.3 Å². The summed E-state index contributed by atoms with van der Waals surface area (Å²) in [5.41, 5.74) is 16.3. The summed E-state index contributed by atoms with van der Waals surface area (Å²) >= 11 is 5.83. The van der Waals surface area contributed by atoms with Crippen LogP contribution in [-0.2, 0) is 68.6 Å². The first kappa shape index (κ1) is 59.2.